The standard InChI is InChI=1S/C8H16N2O2S3/c9-7(3-1-5-13-7)15(11,12)8(10)4-2-6-14-8/h1-6,9-10H2. The van der Waals surface area contributed by atoms with E-state index >= 15 is 0 Å². The van der Waals surface area contributed by atoms with Crippen LogP contribution in [0.25, 0.3) is 0 Å². The summed E-state index contributed by atoms with van der Waals surface area (Å²) in [6, 6.07) is 0. The van der Waals surface area contributed by atoms with Crippen molar-refractivity contribution in [2.24, 2.45) is 11.5 Å². The molecule has 2 fully saturated rings. The van der Waals surface area contributed by atoms with E-state index in [-0.39, 0.29) is 0 Å². The van der Waals surface area contributed by atoms with E-state index in [0.29, 0.717) is 12.8 Å². The topological polar surface area (TPSA) is 86.2 Å². The molecule has 4 nitrogen and oxygen atoms in total. The highest BCUT2D eigenvalue weighted by Crippen LogP contribution is 2.48. The maximum absolute atomic E-state index is 12.4. The minimum absolute atomic E-state index is 0.527. The summed E-state index contributed by atoms with van der Waals surface area (Å²) in [7, 11) is -3.46. The Morgan fingerprint density at radius 1 is 0.933 bits per heavy atom. The third-order valence-corrected chi connectivity index (χ3v) is 9.56. The van der Waals surface area contributed by atoms with Crippen LogP contribution < -0.4 is 11.5 Å². The molecule has 7 heteroatoms. The fourth-order valence-electron chi connectivity index (χ4n) is 1.99. The molecule has 0 aromatic rings. The summed E-state index contributed by atoms with van der Waals surface area (Å²) in [5.41, 5.74) is 12.0. The summed E-state index contributed by atoms with van der Waals surface area (Å²) in [5.74, 6) is 1.63. The van der Waals surface area contributed by atoms with E-state index in [1.807, 2.05) is 0 Å². The van der Waals surface area contributed by atoms with Crippen molar-refractivity contribution in [1.82, 2.24) is 0 Å². The number of hydrogen-bond donors (Lipinski definition) is 2. The van der Waals surface area contributed by atoms with Gasteiger partial charge in [-0.15, -0.1) is 23.5 Å². The quantitative estimate of drug-likeness (QED) is 0.766. The molecular weight excluding hydrogens is 252 g/mol. The van der Waals surface area contributed by atoms with Crippen LogP contribution in [0.2, 0.25) is 0 Å². The molecule has 2 unspecified atom stereocenters. The van der Waals surface area contributed by atoms with Crippen LogP contribution in [0.15, 0.2) is 0 Å². The van der Waals surface area contributed by atoms with E-state index in [4.69, 9.17) is 11.5 Å². The molecule has 0 aromatic heterocycles. The Kier molecular flexibility index (Phi) is 3.05. The Balaban J connectivity index is 2.33. The van der Waals surface area contributed by atoms with Crippen molar-refractivity contribution in [3.8, 4) is 0 Å². The Morgan fingerprint density at radius 3 is 1.60 bits per heavy atom. The fraction of sp³-hybridized carbons (Fsp3) is 1.00. The predicted molar refractivity (Wildman–Crippen MR) is 66.1 cm³/mol. The van der Waals surface area contributed by atoms with Gasteiger partial charge in [-0.1, -0.05) is 0 Å². The highest BCUT2D eigenvalue weighted by atomic mass is 32.3. The Morgan fingerprint density at radius 2 is 1.33 bits per heavy atom. The van der Waals surface area contributed by atoms with E-state index in [1.54, 1.807) is 0 Å². The second-order valence-electron chi connectivity index (χ2n) is 4.03. The Hall–Kier alpha value is 0.570. The monoisotopic (exact) mass is 268 g/mol. The number of thioether (sulfide) groups is 2. The molecule has 2 aliphatic heterocycles. The highest BCUT2D eigenvalue weighted by Gasteiger charge is 2.55. The van der Waals surface area contributed by atoms with Crippen LogP contribution in [0.5, 0.6) is 0 Å². The predicted octanol–water partition coefficient (Wildman–Crippen LogP) is 0.680. The molecule has 0 aliphatic carbocycles. The number of hydrogen-bond acceptors (Lipinski definition) is 6. The molecule has 0 spiro atoms. The van der Waals surface area contributed by atoms with Crippen LogP contribution in [0.4, 0.5) is 0 Å². The lowest BCUT2D eigenvalue weighted by atomic mass is 10.3. The van der Waals surface area contributed by atoms with E-state index < -0.39 is 18.2 Å². The molecule has 2 atom stereocenters. The van der Waals surface area contributed by atoms with Gasteiger partial charge in [0.2, 0.25) is 9.84 Å². The highest BCUT2D eigenvalue weighted by molar-refractivity contribution is 8.22. The minimum atomic E-state index is -3.46. The molecule has 2 saturated heterocycles. The van der Waals surface area contributed by atoms with Crippen LogP contribution in [-0.2, 0) is 9.84 Å². The van der Waals surface area contributed by atoms with Gasteiger partial charge in [0.25, 0.3) is 0 Å². The van der Waals surface area contributed by atoms with Crippen molar-refractivity contribution >= 4 is 33.4 Å². The number of sulfone groups is 1. The molecule has 2 heterocycles. The number of rotatable bonds is 2. The van der Waals surface area contributed by atoms with E-state index in [1.165, 1.54) is 23.5 Å². The zero-order valence-corrected chi connectivity index (χ0v) is 10.9. The first-order chi connectivity index (χ1) is 6.91. The van der Waals surface area contributed by atoms with Gasteiger partial charge in [-0.2, -0.15) is 0 Å². The largest absolute Gasteiger partial charge is 0.304 e. The SMILES string of the molecule is NC1(S(=O)(=O)C2(N)CCCS2)CCCS1. The van der Waals surface area contributed by atoms with Gasteiger partial charge in [-0.25, -0.2) is 8.42 Å². The molecule has 0 aromatic carbocycles. The molecule has 4 N–H and O–H groups in total. The van der Waals surface area contributed by atoms with Gasteiger partial charge < -0.3 is 11.5 Å². The lowest BCUT2D eigenvalue weighted by Gasteiger charge is -2.32. The lowest BCUT2D eigenvalue weighted by Crippen LogP contribution is -2.56. The third-order valence-electron chi connectivity index (χ3n) is 2.94. The van der Waals surface area contributed by atoms with Gasteiger partial charge >= 0.3 is 0 Å². The van der Waals surface area contributed by atoms with Crippen LogP contribution >= 0.6 is 23.5 Å². The van der Waals surface area contributed by atoms with Crippen LogP contribution in [-0.4, -0.2) is 28.3 Å². The molecule has 2 rings (SSSR count). The van der Waals surface area contributed by atoms with Gasteiger partial charge in [0.05, 0.1) is 0 Å². The summed E-state index contributed by atoms with van der Waals surface area (Å²) in [4.78, 5) is 0. The maximum atomic E-state index is 12.4. The molecule has 0 radical (unpaired) electrons. The molecule has 0 amide bonds. The van der Waals surface area contributed by atoms with E-state index in [0.717, 1.165) is 24.3 Å². The first-order valence-corrected chi connectivity index (χ1v) is 8.47. The molecule has 15 heavy (non-hydrogen) atoms. The zero-order valence-electron chi connectivity index (χ0n) is 8.44. The van der Waals surface area contributed by atoms with Crippen LogP contribution in [0, 0.1) is 0 Å². The van der Waals surface area contributed by atoms with Crippen molar-refractivity contribution in [3.63, 3.8) is 0 Å². The smallest absolute Gasteiger partial charge is 0.206 e. The van der Waals surface area contributed by atoms with Gasteiger partial charge in [-0.3, -0.25) is 0 Å². The molecular formula is C8H16N2O2S3. The first kappa shape index (κ1) is 12.0. The van der Waals surface area contributed by atoms with Crippen molar-refractivity contribution in [2.45, 2.75) is 34.1 Å². The Bertz CT molecular complexity index is 315. The van der Waals surface area contributed by atoms with E-state index in [2.05, 4.69) is 0 Å². The maximum Gasteiger partial charge on any atom is 0.206 e. The van der Waals surface area contributed by atoms with Crippen molar-refractivity contribution in [2.75, 3.05) is 11.5 Å². The van der Waals surface area contributed by atoms with E-state index in [9.17, 15) is 8.42 Å². The summed E-state index contributed by atoms with van der Waals surface area (Å²) in [5, 5.41) is 0. The lowest BCUT2D eigenvalue weighted by molar-refractivity contribution is 0.539. The van der Waals surface area contributed by atoms with Crippen molar-refractivity contribution < 1.29 is 8.42 Å². The number of nitrogens with two attached hydrogens (primary N) is 2. The van der Waals surface area contributed by atoms with Crippen LogP contribution in [0.1, 0.15) is 25.7 Å². The molecule has 2 aliphatic rings. The fourth-order valence-corrected chi connectivity index (χ4v) is 8.04. The van der Waals surface area contributed by atoms with Gasteiger partial charge in [0.1, 0.15) is 0 Å². The minimum Gasteiger partial charge on any atom is -0.304 e. The Labute approximate surface area is 98.8 Å². The average molecular weight is 268 g/mol. The summed E-state index contributed by atoms with van der Waals surface area (Å²) in [6.07, 6.45) is 2.78. The van der Waals surface area contributed by atoms with Gasteiger partial charge in [0, 0.05) is 0 Å². The zero-order chi connectivity index (χ0) is 11.2. The molecule has 0 bridgehead atoms. The first-order valence-electron chi connectivity index (χ1n) is 5.01. The summed E-state index contributed by atoms with van der Waals surface area (Å²) >= 11 is 2.67. The second kappa shape index (κ2) is 3.80. The third kappa shape index (κ3) is 1.72. The van der Waals surface area contributed by atoms with Crippen LogP contribution in [0.3, 0.4) is 0 Å². The van der Waals surface area contributed by atoms with Crippen molar-refractivity contribution in [1.29, 1.82) is 0 Å². The summed E-state index contributed by atoms with van der Waals surface area (Å²) < 4.78 is 22.5. The second-order valence-corrected chi connectivity index (χ2v) is 9.86. The van der Waals surface area contributed by atoms with Crippen molar-refractivity contribution in [3.05, 3.63) is 0 Å². The molecule has 88 valence electrons. The van der Waals surface area contributed by atoms with Gasteiger partial charge in [0.15, 0.2) is 8.41 Å². The average Bonchev–Trinajstić information content (AvgIpc) is 2.76. The molecule has 0 saturated carbocycles. The van der Waals surface area contributed by atoms with Gasteiger partial charge in [-0.05, 0) is 37.2 Å². The normalized spacial score (nSPS) is 42.3. The summed E-state index contributed by atoms with van der Waals surface area (Å²) in [6.45, 7) is 0.